The summed E-state index contributed by atoms with van der Waals surface area (Å²) in [5, 5.41) is 0. The van der Waals surface area contributed by atoms with E-state index in [4.69, 9.17) is 9.47 Å². The molecule has 0 radical (unpaired) electrons. The van der Waals surface area contributed by atoms with Crippen molar-refractivity contribution in [1.82, 2.24) is 9.88 Å². The molecule has 0 spiro atoms. The van der Waals surface area contributed by atoms with Gasteiger partial charge >= 0.3 is 0 Å². The molecule has 2 aromatic rings. The van der Waals surface area contributed by atoms with Gasteiger partial charge in [0.1, 0.15) is 5.82 Å². The van der Waals surface area contributed by atoms with Crippen LogP contribution in [0.4, 0.5) is 4.39 Å². The zero-order valence-electron chi connectivity index (χ0n) is 14.1. The maximum atomic E-state index is 13.1. The third-order valence-corrected chi connectivity index (χ3v) is 4.58. The summed E-state index contributed by atoms with van der Waals surface area (Å²) < 4.78 is 24.3. The Kier molecular flexibility index (Phi) is 5.43. The van der Waals surface area contributed by atoms with Crippen molar-refractivity contribution in [2.75, 3.05) is 20.8 Å². The number of aromatic nitrogens is 1. The second-order valence-corrected chi connectivity index (χ2v) is 6.18. The Morgan fingerprint density at radius 1 is 1.29 bits per heavy atom. The average Bonchev–Trinajstić information content (AvgIpc) is 2.63. The van der Waals surface area contributed by atoms with Crippen molar-refractivity contribution in [3.63, 3.8) is 0 Å². The van der Waals surface area contributed by atoms with E-state index in [0.717, 1.165) is 30.5 Å². The fourth-order valence-corrected chi connectivity index (χ4v) is 3.22. The Morgan fingerprint density at radius 3 is 2.83 bits per heavy atom. The molecule has 1 aliphatic rings. The number of pyridine rings is 1. The van der Waals surface area contributed by atoms with Crippen molar-refractivity contribution in [3.8, 4) is 5.88 Å². The summed E-state index contributed by atoms with van der Waals surface area (Å²) in [5.74, 6) is 0.457. The highest BCUT2D eigenvalue weighted by atomic mass is 19.1. The number of hydrogen-bond acceptors (Lipinski definition) is 4. The van der Waals surface area contributed by atoms with Gasteiger partial charge in [0.05, 0.1) is 13.2 Å². The molecular weight excluding hydrogens is 307 g/mol. The van der Waals surface area contributed by atoms with Crippen molar-refractivity contribution in [2.24, 2.45) is 0 Å². The second kappa shape index (κ2) is 7.73. The van der Waals surface area contributed by atoms with Crippen LogP contribution < -0.4 is 4.74 Å². The summed E-state index contributed by atoms with van der Waals surface area (Å²) in [6.45, 7) is 1.49. The van der Waals surface area contributed by atoms with Crippen molar-refractivity contribution in [1.29, 1.82) is 0 Å². The minimum atomic E-state index is -0.216. The molecule has 3 rings (SSSR count). The number of rotatable bonds is 5. The van der Waals surface area contributed by atoms with Gasteiger partial charge in [0.15, 0.2) is 0 Å². The number of nitrogens with zero attached hydrogens (tertiary/aromatic N) is 2. The Hall–Kier alpha value is -1.98. The summed E-state index contributed by atoms with van der Waals surface area (Å²) in [6.07, 6.45) is 3.63. The van der Waals surface area contributed by atoms with E-state index in [1.54, 1.807) is 13.3 Å². The fraction of sp³-hybridized carbons (Fsp3) is 0.421. The van der Waals surface area contributed by atoms with Crippen LogP contribution in [0.5, 0.6) is 5.88 Å². The molecule has 0 amide bonds. The van der Waals surface area contributed by atoms with Crippen LogP contribution in [0.15, 0.2) is 42.6 Å². The summed E-state index contributed by atoms with van der Waals surface area (Å²) >= 11 is 0. The highest BCUT2D eigenvalue weighted by Crippen LogP contribution is 2.31. The van der Waals surface area contributed by atoms with Gasteiger partial charge < -0.3 is 9.47 Å². The normalized spacial score (nSPS) is 21.0. The van der Waals surface area contributed by atoms with Gasteiger partial charge in [-0.1, -0.05) is 18.2 Å². The van der Waals surface area contributed by atoms with Gasteiger partial charge in [-0.2, -0.15) is 0 Å². The highest BCUT2D eigenvalue weighted by molar-refractivity contribution is 5.25. The second-order valence-electron chi connectivity index (χ2n) is 6.18. The van der Waals surface area contributed by atoms with Crippen LogP contribution in [-0.2, 0) is 11.3 Å². The van der Waals surface area contributed by atoms with Crippen LogP contribution >= 0.6 is 0 Å². The highest BCUT2D eigenvalue weighted by Gasteiger charge is 2.27. The van der Waals surface area contributed by atoms with Crippen LogP contribution in [0.25, 0.3) is 0 Å². The minimum Gasteiger partial charge on any atom is -0.481 e. The molecule has 24 heavy (non-hydrogen) atoms. The molecule has 0 saturated carbocycles. The lowest BCUT2D eigenvalue weighted by molar-refractivity contribution is -0.0250. The Morgan fingerprint density at radius 2 is 2.08 bits per heavy atom. The lowest BCUT2D eigenvalue weighted by atomic mass is 9.96. The molecule has 2 heterocycles. The predicted molar refractivity (Wildman–Crippen MR) is 90.4 cm³/mol. The third-order valence-electron chi connectivity index (χ3n) is 4.58. The molecule has 1 saturated heterocycles. The van der Waals surface area contributed by atoms with E-state index in [1.807, 2.05) is 24.3 Å². The zero-order chi connectivity index (χ0) is 16.9. The molecular formula is C19H23FN2O2. The van der Waals surface area contributed by atoms with Crippen LogP contribution in [-0.4, -0.2) is 36.7 Å². The maximum Gasteiger partial charge on any atom is 0.217 e. The van der Waals surface area contributed by atoms with Crippen molar-refractivity contribution < 1.29 is 13.9 Å². The molecule has 0 N–H and O–H groups in total. The Balaban J connectivity index is 1.66. The first kappa shape index (κ1) is 16.9. The molecule has 0 aliphatic carbocycles. The van der Waals surface area contributed by atoms with Gasteiger partial charge in [-0.3, -0.25) is 4.90 Å². The minimum absolute atomic E-state index is 0.0163. The van der Waals surface area contributed by atoms with Gasteiger partial charge in [0.25, 0.3) is 0 Å². The van der Waals surface area contributed by atoms with Gasteiger partial charge in [0.2, 0.25) is 5.88 Å². The first-order valence-electron chi connectivity index (χ1n) is 8.22. The lowest BCUT2D eigenvalue weighted by Gasteiger charge is -2.35. The molecule has 0 bridgehead atoms. The standard InChI is InChI=1S/C19H23FN2O2/c1-22(13-15-4-3-10-21-19(15)23-2)17-9-11-24-18(12-17)14-5-7-16(20)8-6-14/h3-8,10,17-18H,9,11-13H2,1-2H3. The number of hydrogen-bond donors (Lipinski definition) is 0. The van der Waals surface area contributed by atoms with Gasteiger partial charge in [-0.05, 0) is 43.7 Å². The molecule has 2 atom stereocenters. The largest absolute Gasteiger partial charge is 0.481 e. The SMILES string of the molecule is COc1ncccc1CN(C)C1CCOC(c2ccc(F)cc2)C1. The van der Waals surface area contributed by atoms with Gasteiger partial charge in [0, 0.05) is 31.0 Å². The first-order chi connectivity index (χ1) is 11.7. The molecule has 5 heteroatoms. The van der Waals surface area contributed by atoms with E-state index < -0.39 is 0 Å². The average molecular weight is 330 g/mol. The number of benzene rings is 1. The number of halogens is 1. The maximum absolute atomic E-state index is 13.1. The van der Waals surface area contributed by atoms with Crippen LogP contribution in [0.1, 0.15) is 30.1 Å². The smallest absolute Gasteiger partial charge is 0.217 e. The predicted octanol–water partition coefficient (Wildman–Crippen LogP) is 3.58. The Bertz CT molecular complexity index is 663. The molecule has 1 fully saturated rings. The first-order valence-corrected chi connectivity index (χ1v) is 8.22. The van der Waals surface area contributed by atoms with Crippen molar-refractivity contribution in [3.05, 3.63) is 59.5 Å². The van der Waals surface area contributed by atoms with Crippen molar-refractivity contribution >= 4 is 0 Å². The van der Waals surface area contributed by atoms with Crippen LogP contribution in [0.3, 0.4) is 0 Å². The lowest BCUT2D eigenvalue weighted by Crippen LogP contribution is -2.37. The molecule has 1 aromatic carbocycles. The number of ether oxygens (including phenoxy) is 2. The molecule has 2 unspecified atom stereocenters. The summed E-state index contributed by atoms with van der Waals surface area (Å²) in [7, 11) is 3.76. The summed E-state index contributed by atoms with van der Waals surface area (Å²) in [5.41, 5.74) is 2.11. The van der Waals surface area contributed by atoms with Crippen LogP contribution in [0, 0.1) is 5.82 Å². The summed E-state index contributed by atoms with van der Waals surface area (Å²) in [6, 6.07) is 11.0. The van der Waals surface area contributed by atoms with Gasteiger partial charge in [-0.25, -0.2) is 9.37 Å². The van der Waals surface area contributed by atoms with Gasteiger partial charge in [-0.15, -0.1) is 0 Å². The topological polar surface area (TPSA) is 34.6 Å². The molecule has 4 nitrogen and oxygen atoms in total. The van der Waals surface area contributed by atoms with Crippen molar-refractivity contribution in [2.45, 2.75) is 31.5 Å². The van der Waals surface area contributed by atoms with E-state index in [1.165, 1.54) is 12.1 Å². The molecule has 128 valence electrons. The molecule has 1 aliphatic heterocycles. The molecule has 1 aromatic heterocycles. The van der Waals surface area contributed by atoms with Crippen LogP contribution in [0.2, 0.25) is 0 Å². The van der Waals surface area contributed by atoms with E-state index in [0.29, 0.717) is 18.5 Å². The zero-order valence-corrected chi connectivity index (χ0v) is 14.1. The summed E-state index contributed by atoms with van der Waals surface area (Å²) in [4.78, 5) is 6.58. The van der Waals surface area contributed by atoms with E-state index in [2.05, 4.69) is 16.9 Å². The van der Waals surface area contributed by atoms with E-state index in [9.17, 15) is 4.39 Å². The fourth-order valence-electron chi connectivity index (χ4n) is 3.22. The third kappa shape index (κ3) is 3.91. The van der Waals surface area contributed by atoms with E-state index >= 15 is 0 Å². The Labute approximate surface area is 142 Å². The van der Waals surface area contributed by atoms with E-state index in [-0.39, 0.29) is 11.9 Å². The quantitative estimate of drug-likeness (QED) is 0.839. The monoisotopic (exact) mass is 330 g/mol. The number of methoxy groups -OCH3 is 1.